The number of aliphatic hydroxyl groups excluding tert-OH is 1. The van der Waals surface area contributed by atoms with E-state index in [9.17, 15) is 4.79 Å². The van der Waals surface area contributed by atoms with Crippen molar-refractivity contribution in [2.75, 3.05) is 0 Å². The first-order valence-electron chi connectivity index (χ1n) is 4.40. The topological polar surface area (TPSA) is 88.5 Å². The number of carbonyl (C=O) groups excluding carboxylic acids is 1. The maximum atomic E-state index is 11.3. The maximum Gasteiger partial charge on any atom is 0.301 e. The molecule has 1 aromatic carbocycles. The molecule has 0 bridgehead atoms. The van der Waals surface area contributed by atoms with Crippen LogP contribution in [0.15, 0.2) is 28.7 Å². The van der Waals surface area contributed by atoms with Crippen LogP contribution in [0.25, 0.3) is 11.0 Å². The van der Waals surface area contributed by atoms with Gasteiger partial charge in [0.25, 0.3) is 0 Å². The van der Waals surface area contributed by atoms with E-state index in [0.717, 1.165) is 5.39 Å². The molecule has 1 amide bonds. The second-order valence-corrected chi connectivity index (χ2v) is 3.04. The fourth-order valence-electron chi connectivity index (χ4n) is 1.50. The van der Waals surface area contributed by atoms with Crippen LogP contribution in [-0.2, 0) is 6.61 Å². The number of hydrazine groups is 1. The van der Waals surface area contributed by atoms with Crippen molar-refractivity contribution in [2.45, 2.75) is 6.61 Å². The lowest BCUT2D eigenvalue weighted by Gasteiger charge is -1.96. The fraction of sp³-hybridized carbons (Fsp3) is 0.100. The Kier molecular flexibility index (Phi) is 2.40. The van der Waals surface area contributed by atoms with E-state index >= 15 is 0 Å². The largest absolute Gasteiger partial charge is 0.450 e. The van der Waals surface area contributed by atoms with Crippen molar-refractivity contribution < 1.29 is 14.3 Å². The van der Waals surface area contributed by atoms with Crippen LogP contribution in [0.2, 0.25) is 0 Å². The van der Waals surface area contributed by atoms with Crippen LogP contribution in [0.4, 0.5) is 0 Å². The van der Waals surface area contributed by atoms with Gasteiger partial charge in [0.15, 0.2) is 5.76 Å². The van der Waals surface area contributed by atoms with Gasteiger partial charge in [0.2, 0.25) is 0 Å². The Hall–Kier alpha value is -1.85. The average Bonchev–Trinajstić information content (AvgIpc) is 2.66. The van der Waals surface area contributed by atoms with Gasteiger partial charge in [-0.25, -0.2) is 5.84 Å². The van der Waals surface area contributed by atoms with Crippen molar-refractivity contribution in [1.82, 2.24) is 5.43 Å². The number of nitrogens with two attached hydrogens (primary N) is 1. The molecule has 0 aliphatic rings. The molecule has 78 valence electrons. The Bertz CT molecular complexity index is 504. The normalized spacial score (nSPS) is 10.5. The Balaban J connectivity index is 2.69. The third-order valence-corrected chi connectivity index (χ3v) is 2.19. The highest BCUT2D eigenvalue weighted by molar-refractivity contribution is 5.98. The van der Waals surface area contributed by atoms with E-state index in [-0.39, 0.29) is 12.4 Å². The van der Waals surface area contributed by atoms with Gasteiger partial charge in [-0.3, -0.25) is 10.2 Å². The molecule has 0 aliphatic heterocycles. The second kappa shape index (κ2) is 3.72. The van der Waals surface area contributed by atoms with Gasteiger partial charge in [-0.15, -0.1) is 0 Å². The molecule has 0 aliphatic carbocycles. The molecule has 2 rings (SSSR count). The van der Waals surface area contributed by atoms with Crippen LogP contribution < -0.4 is 11.3 Å². The van der Waals surface area contributed by atoms with Gasteiger partial charge < -0.3 is 9.52 Å². The third kappa shape index (κ3) is 1.47. The van der Waals surface area contributed by atoms with Crippen molar-refractivity contribution >= 4 is 16.9 Å². The van der Waals surface area contributed by atoms with Crippen LogP contribution in [0.5, 0.6) is 0 Å². The number of amides is 1. The number of nitrogens with one attached hydrogen (secondary N) is 1. The molecule has 2 aromatic rings. The maximum absolute atomic E-state index is 11.3. The molecule has 0 saturated heterocycles. The van der Waals surface area contributed by atoms with E-state index in [0.29, 0.717) is 11.1 Å². The van der Waals surface area contributed by atoms with Gasteiger partial charge >= 0.3 is 5.91 Å². The highest BCUT2D eigenvalue weighted by Crippen LogP contribution is 2.25. The molecule has 0 radical (unpaired) electrons. The molecule has 5 heteroatoms. The van der Waals surface area contributed by atoms with E-state index < -0.39 is 5.91 Å². The summed E-state index contributed by atoms with van der Waals surface area (Å²) in [4.78, 5) is 11.3. The average molecular weight is 206 g/mol. The molecule has 1 heterocycles. The predicted molar refractivity (Wildman–Crippen MR) is 53.8 cm³/mol. The number of aliphatic hydroxyl groups is 1. The summed E-state index contributed by atoms with van der Waals surface area (Å²) in [7, 11) is 0. The van der Waals surface area contributed by atoms with E-state index in [1.165, 1.54) is 0 Å². The molecule has 0 atom stereocenters. The molecule has 0 spiro atoms. The zero-order chi connectivity index (χ0) is 10.8. The zero-order valence-electron chi connectivity index (χ0n) is 7.86. The number of rotatable bonds is 2. The van der Waals surface area contributed by atoms with Gasteiger partial charge in [0.1, 0.15) is 5.58 Å². The Morgan fingerprint density at radius 2 is 2.20 bits per heavy atom. The zero-order valence-corrected chi connectivity index (χ0v) is 7.86. The lowest BCUT2D eigenvalue weighted by atomic mass is 10.1. The molecular formula is C10H10N2O3. The minimum Gasteiger partial charge on any atom is -0.450 e. The van der Waals surface area contributed by atoms with E-state index in [1.807, 2.05) is 5.43 Å². The van der Waals surface area contributed by atoms with Crippen molar-refractivity contribution in [1.29, 1.82) is 0 Å². The Morgan fingerprint density at radius 3 is 2.87 bits per heavy atom. The third-order valence-electron chi connectivity index (χ3n) is 2.19. The monoisotopic (exact) mass is 206 g/mol. The smallest absolute Gasteiger partial charge is 0.301 e. The van der Waals surface area contributed by atoms with Crippen LogP contribution in [0.3, 0.4) is 0 Å². The fourth-order valence-corrected chi connectivity index (χ4v) is 1.50. The number of furan rings is 1. The predicted octanol–water partition coefficient (Wildman–Crippen LogP) is 0.529. The SMILES string of the molecule is NNC(=O)c1oc2ccccc2c1CO. The summed E-state index contributed by atoms with van der Waals surface area (Å²) < 4.78 is 5.29. The number of para-hydroxylation sites is 1. The summed E-state index contributed by atoms with van der Waals surface area (Å²) in [6, 6.07) is 7.09. The lowest BCUT2D eigenvalue weighted by Crippen LogP contribution is -2.30. The van der Waals surface area contributed by atoms with Gasteiger partial charge in [0, 0.05) is 10.9 Å². The number of benzene rings is 1. The molecule has 4 N–H and O–H groups in total. The number of fused-ring (bicyclic) bond motifs is 1. The summed E-state index contributed by atoms with van der Waals surface area (Å²) >= 11 is 0. The number of hydrogen-bond acceptors (Lipinski definition) is 4. The van der Waals surface area contributed by atoms with Gasteiger partial charge in [-0.05, 0) is 6.07 Å². The van der Waals surface area contributed by atoms with Crippen LogP contribution in [0, 0.1) is 0 Å². The van der Waals surface area contributed by atoms with Crippen molar-refractivity contribution in [3.05, 3.63) is 35.6 Å². The van der Waals surface area contributed by atoms with E-state index in [2.05, 4.69) is 0 Å². The first kappa shape index (κ1) is 9.70. The summed E-state index contributed by atoms with van der Waals surface area (Å²) in [6.45, 7) is -0.264. The molecule has 5 nitrogen and oxygen atoms in total. The Labute approximate surface area is 85.5 Å². The first-order chi connectivity index (χ1) is 7.27. The molecule has 1 aromatic heterocycles. The van der Waals surface area contributed by atoms with Crippen molar-refractivity contribution in [3.8, 4) is 0 Å². The quantitative estimate of drug-likeness (QED) is 0.380. The van der Waals surface area contributed by atoms with Gasteiger partial charge in [-0.1, -0.05) is 18.2 Å². The molecule has 0 saturated carbocycles. The molecule has 15 heavy (non-hydrogen) atoms. The standard InChI is InChI=1S/C10H10N2O3/c11-12-10(14)9-7(5-13)6-3-1-2-4-8(6)15-9/h1-4,13H,5,11H2,(H,12,14). The van der Waals surface area contributed by atoms with Gasteiger partial charge in [0.05, 0.1) is 6.61 Å². The summed E-state index contributed by atoms with van der Waals surface area (Å²) in [5.74, 6) is 4.52. The first-order valence-corrected chi connectivity index (χ1v) is 4.40. The molecule has 0 fully saturated rings. The number of carbonyl (C=O) groups is 1. The van der Waals surface area contributed by atoms with E-state index in [4.69, 9.17) is 15.4 Å². The van der Waals surface area contributed by atoms with Crippen molar-refractivity contribution in [3.63, 3.8) is 0 Å². The second-order valence-electron chi connectivity index (χ2n) is 3.04. The van der Waals surface area contributed by atoms with Crippen LogP contribution in [0.1, 0.15) is 16.1 Å². The highest BCUT2D eigenvalue weighted by Gasteiger charge is 2.18. The Morgan fingerprint density at radius 1 is 1.47 bits per heavy atom. The number of hydrogen-bond donors (Lipinski definition) is 3. The van der Waals surface area contributed by atoms with Crippen LogP contribution in [-0.4, -0.2) is 11.0 Å². The number of nitrogen functional groups attached to an aromatic ring is 1. The van der Waals surface area contributed by atoms with Crippen molar-refractivity contribution in [2.24, 2.45) is 5.84 Å². The lowest BCUT2D eigenvalue weighted by molar-refractivity contribution is 0.0924. The minimum absolute atomic E-state index is 0.0567. The summed E-state index contributed by atoms with van der Waals surface area (Å²) in [5.41, 5.74) is 2.98. The highest BCUT2D eigenvalue weighted by atomic mass is 16.3. The summed E-state index contributed by atoms with van der Waals surface area (Å²) in [6.07, 6.45) is 0. The molecule has 0 unspecified atom stereocenters. The minimum atomic E-state index is -0.546. The van der Waals surface area contributed by atoms with Crippen LogP contribution >= 0.6 is 0 Å². The molecular weight excluding hydrogens is 196 g/mol. The van der Waals surface area contributed by atoms with E-state index in [1.54, 1.807) is 24.3 Å². The summed E-state index contributed by atoms with van der Waals surface area (Å²) in [5, 5.41) is 9.89. The van der Waals surface area contributed by atoms with Gasteiger partial charge in [-0.2, -0.15) is 0 Å².